The first-order valence-electron chi connectivity index (χ1n) is 6.06. The fourth-order valence-corrected chi connectivity index (χ4v) is 1.72. The maximum Gasteiger partial charge on any atom is 0.216 e. The van der Waals surface area contributed by atoms with Crippen molar-refractivity contribution >= 4 is 11.6 Å². The molecule has 0 saturated heterocycles. The van der Waals surface area contributed by atoms with Crippen molar-refractivity contribution < 1.29 is 4.79 Å². The summed E-state index contributed by atoms with van der Waals surface area (Å²) in [6.07, 6.45) is 0.658. The highest BCUT2D eigenvalue weighted by molar-refractivity contribution is 5.72. The number of hydrogen-bond donors (Lipinski definition) is 2. The highest BCUT2D eigenvalue weighted by atomic mass is 16.1. The average Bonchev–Trinajstić information content (AvgIpc) is 2.77. The van der Waals surface area contributed by atoms with Crippen LogP contribution < -0.4 is 5.32 Å². The molecule has 2 aromatic rings. The minimum atomic E-state index is -0.0300. The SMILES string of the molecule is CC(=O)NCCc1nnc2cc(C(C)(C)C)[nH]n12. The molecule has 0 aliphatic rings. The molecule has 2 N–H and O–H groups in total. The van der Waals surface area contributed by atoms with Crippen LogP contribution in [0.2, 0.25) is 0 Å². The van der Waals surface area contributed by atoms with E-state index in [0.29, 0.717) is 13.0 Å². The van der Waals surface area contributed by atoms with Crippen molar-refractivity contribution in [2.45, 2.75) is 39.5 Å². The average molecular weight is 249 g/mol. The van der Waals surface area contributed by atoms with Crippen LogP contribution in [-0.2, 0) is 16.6 Å². The van der Waals surface area contributed by atoms with Crippen LogP contribution in [0.3, 0.4) is 0 Å². The standard InChI is InChI=1S/C12H19N5O/c1-8(18)13-6-5-10-14-15-11-7-9(12(2,3)4)16-17(10)11/h7,16H,5-6H2,1-4H3,(H,13,18). The summed E-state index contributed by atoms with van der Waals surface area (Å²) in [6.45, 7) is 8.50. The van der Waals surface area contributed by atoms with E-state index in [1.54, 1.807) is 0 Å². The number of aromatic amines is 1. The van der Waals surface area contributed by atoms with Crippen LogP contribution in [0.15, 0.2) is 6.07 Å². The van der Waals surface area contributed by atoms with Gasteiger partial charge in [0.05, 0.1) is 0 Å². The van der Waals surface area contributed by atoms with E-state index in [-0.39, 0.29) is 11.3 Å². The summed E-state index contributed by atoms with van der Waals surface area (Å²) in [6, 6.07) is 2.01. The van der Waals surface area contributed by atoms with Gasteiger partial charge in [0, 0.05) is 37.1 Å². The predicted molar refractivity (Wildman–Crippen MR) is 68.4 cm³/mol. The Kier molecular flexibility index (Phi) is 3.11. The van der Waals surface area contributed by atoms with Crippen LogP contribution >= 0.6 is 0 Å². The third-order valence-corrected chi connectivity index (χ3v) is 2.79. The Labute approximate surface area is 106 Å². The molecule has 0 radical (unpaired) electrons. The molecular formula is C12H19N5O. The minimum absolute atomic E-state index is 0.0300. The van der Waals surface area contributed by atoms with Crippen LogP contribution in [0.1, 0.15) is 39.2 Å². The minimum Gasteiger partial charge on any atom is -0.356 e. The van der Waals surface area contributed by atoms with Gasteiger partial charge in [-0.2, -0.15) is 0 Å². The van der Waals surface area contributed by atoms with Crippen molar-refractivity contribution in [1.29, 1.82) is 0 Å². The lowest BCUT2D eigenvalue weighted by molar-refractivity contribution is -0.118. The van der Waals surface area contributed by atoms with Gasteiger partial charge in [0.25, 0.3) is 0 Å². The summed E-state index contributed by atoms with van der Waals surface area (Å²) in [4.78, 5) is 10.8. The molecule has 0 spiro atoms. The van der Waals surface area contributed by atoms with Gasteiger partial charge in [-0.25, -0.2) is 4.52 Å². The topological polar surface area (TPSA) is 75.1 Å². The quantitative estimate of drug-likeness (QED) is 0.853. The molecule has 0 saturated carbocycles. The monoisotopic (exact) mass is 249 g/mol. The second kappa shape index (κ2) is 4.44. The molecule has 0 fully saturated rings. The van der Waals surface area contributed by atoms with Crippen LogP contribution in [0.4, 0.5) is 0 Å². The normalized spacial score (nSPS) is 12.0. The number of carbonyl (C=O) groups is 1. The molecule has 98 valence electrons. The fourth-order valence-electron chi connectivity index (χ4n) is 1.72. The second-order valence-corrected chi connectivity index (χ2v) is 5.46. The molecule has 6 heteroatoms. The largest absolute Gasteiger partial charge is 0.356 e. The molecule has 0 unspecified atom stereocenters. The number of carbonyl (C=O) groups excluding carboxylic acids is 1. The van der Waals surface area contributed by atoms with Crippen molar-refractivity contribution in [1.82, 2.24) is 25.1 Å². The van der Waals surface area contributed by atoms with Crippen molar-refractivity contribution in [3.05, 3.63) is 17.6 Å². The highest BCUT2D eigenvalue weighted by Crippen LogP contribution is 2.21. The first-order valence-corrected chi connectivity index (χ1v) is 6.06. The van der Waals surface area contributed by atoms with E-state index >= 15 is 0 Å². The number of nitrogens with zero attached hydrogens (tertiary/aromatic N) is 3. The van der Waals surface area contributed by atoms with Gasteiger partial charge in [-0.05, 0) is 0 Å². The Morgan fingerprint density at radius 3 is 2.78 bits per heavy atom. The van der Waals surface area contributed by atoms with Crippen LogP contribution in [-0.4, -0.2) is 32.3 Å². The van der Waals surface area contributed by atoms with E-state index in [2.05, 4.69) is 41.4 Å². The molecule has 0 aliphatic heterocycles. The van der Waals surface area contributed by atoms with E-state index < -0.39 is 0 Å². The molecule has 2 aromatic heterocycles. The van der Waals surface area contributed by atoms with Crippen molar-refractivity contribution in [3.63, 3.8) is 0 Å². The molecule has 2 rings (SSSR count). The lowest BCUT2D eigenvalue weighted by atomic mass is 9.93. The smallest absolute Gasteiger partial charge is 0.216 e. The number of hydrogen-bond acceptors (Lipinski definition) is 3. The van der Waals surface area contributed by atoms with Crippen LogP contribution in [0, 0.1) is 0 Å². The zero-order chi connectivity index (χ0) is 13.3. The molecular weight excluding hydrogens is 230 g/mol. The summed E-state index contributed by atoms with van der Waals surface area (Å²) < 4.78 is 1.88. The van der Waals surface area contributed by atoms with Gasteiger partial charge < -0.3 is 5.32 Å². The predicted octanol–water partition coefficient (Wildman–Crippen LogP) is 1.03. The van der Waals surface area contributed by atoms with Crippen molar-refractivity contribution in [2.75, 3.05) is 6.54 Å². The van der Waals surface area contributed by atoms with Crippen molar-refractivity contribution in [3.8, 4) is 0 Å². The van der Waals surface area contributed by atoms with E-state index in [4.69, 9.17) is 0 Å². The first-order chi connectivity index (χ1) is 8.38. The molecule has 1 amide bonds. The van der Waals surface area contributed by atoms with E-state index in [1.165, 1.54) is 6.92 Å². The van der Waals surface area contributed by atoms with Gasteiger partial charge in [-0.1, -0.05) is 20.8 Å². The Balaban J connectivity index is 2.19. The molecule has 0 aliphatic carbocycles. The van der Waals surface area contributed by atoms with Gasteiger partial charge in [0.15, 0.2) is 11.5 Å². The second-order valence-electron chi connectivity index (χ2n) is 5.46. The fraction of sp³-hybridized carbons (Fsp3) is 0.583. The Morgan fingerprint density at radius 1 is 1.44 bits per heavy atom. The Morgan fingerprint density at radius 2 is 2.17 bits per heavy atom. The van der Waals surface area contributed by atoms with E-state index in [1.807, 2.05) is 10.6 Å². The van der Waals surface area contributed by atoms with Crippen LogP contribution in [0.25, 0.3) is 5.65 Å². The highest BCUT2D eigenvalue weighted by Gasteiger charge is 2.18. The molecule has 18 heavy (non-hydrogen) atoms. The molecule has 2 heterocycles. The third kappa shape index (κ3) is 2.52. The summed E-state index contributed by atoms with van der Waals surface area (Å²) >= 11 is 0. The summed E-state index contributed by atoms with van der Waals surface area (Å²) in [5.74, 6) is 0.798. The molecule has 0 bridgehead atoms. The number of aromatic nitrogens is 4. The van der Waals surface area contributed by atoms with Crippen molar-refractivity contribution in [2.24, 2.45) is 0 Å². The van der Waals surface area contributed by atoms with Gasteiger partial charge in [0.1, 0.15) is 0 Å². The van der Waals surface area contributed by atoms with Crippen LogP contribution in [0.5, 0.6) is 0 Å². The number of fused-ring (bicyclic) bond motifs is 1. The Bertz CT molecular complexity index is 561. The number of H-pyrrole nitrogens is 1. The number of nitrogens with one attached hydrogen (secondary N) is 2. The summed E-state index contributed by atoms with van der Waals surface area (Å²) in [5, 5.41) is 14.3. The van der Waals surface area contributed by atoms with Gasteiger partial charge >= 0.3 is 0 Å². The summed E-state index contributed by atoms with van der Waals surface area (Å²) in [5.41, 5.74) is 1.99. The lowest BCUT2D eigenvalue weighted by Gasteiger charge is -2.15. The number of rotatable bonds is 3. The maximum absolute atomic E-state index is 10.8. The molecule has 0 atom stereocenters. The maximum atomic E-state index is 10.8. The zero-order valence-corrected chi connectivity index (χ0v) is 11.2. The van der Waals surface area contributed by atoms with E-state index in [9.17, 15) is 4.79 Å². The molecule has 6 nitrogen and oxygen atoms in total. The van der Waals surface area contributed by atoms with Gasteiger partial charge in [0.2, 0.25) is 5.91 Å². The first kappa shape index (κ1) is 12.6. The number of amides is 1. The summed E-state index contributed by atoms with van der Waals surface area (Å²) in [7, 11) is 0. The lowest BCUT2D eigenvalue weighted by Crippen LogP contribution is -2.23. The molecule has 0 aromatic carbocycles. The Hall–Kier alpha value is -1.85. The van der Waals surface area contributed by atoms with Gasteiger partial charge in [-0.15, -0.1) is 10.2 Å². The zero-order valence-electron chi connectivity index (χ0n) is 11.2. The van der Waals surface area contributed by atoms with Gasteiger partial charge in [-0.3, -0.25) is 9.89 Å². The van der Waals surface area contributed by atoms with E-state index in [0.717, 1.165) is 17.2 Å². The third-order valence-electron chi connectivity index (χ3n) is 2.79.